The third kappa shape index (κ3) is 6.03. The average molecular weight is 160 g/mol. The van der Waals surface area contributed by atoms with Gasteiger partial charge in [-0.2, -0.15) is 0 Å². The highest BCUT2D eigenvalue weighted by molar-refractivity contribution is 7.40. The zero-order chi connectivity index (χ0) is 7.98. The fourth-order valence-corrected chi connectivity index (χ4v) is 1.04. The van der Waals surface area contributed by atoms with E-state index in [1.54, 1.807) is 0 Å². The van der Waals surface area contributed by atoms with Crippen molar-refractivity contribution < 1.29 is 0 Å². The number of amidine groups is 1. The Kier molecular flexibility index (Phi) is 5.61. The van der Waals surface area contributed by atoms with E-state index in [1.807, 2.05) is 0 Å². The van der Waals surface area contributed by atoms with Gasteiger partial charge in [-0.05, 0) is 20.3 Å². The SMILES string of the molecule is CCCN=C(P)NC(C)C. The molecule has 0 aliphatic rings. The molecule has 0 fully saturated rings. The molecule has 1 unspecified atom stereocenters. The first-order chi connectivity index (χ1) is 4.66. The van der Waals surface area contributed by atoms with Crippen LogP contribution < -0.4 is 5.32 Å². The molecule has 60 valence electrons. The Labute approximate surface area is 65.7 Å². The molecule has 0 spiro atoms. The van der Waals surface area contributed by atoms with Crippen LogP contribution in [0.25, 0.3) is 0 Å². The zero-order valence-electron chi connectivity index (χ0n) is 7.02. The van der Waals surface area contributed by atoms with E-state index in [-0.39, 0.29) is 0 Å². The molecule has 3 heteroatoms. The molecule has 10 heavy (non-hydrogen) atoms. The van der Waals surface area contributed by atoms with Gasteiger partial charge in [0.05, 0.1) is 0 Å². The minimum Gasteiger partial charge on any atom is -0.368 e. The monoisotopic (exact) mass is 160 g/mol. The van der Waals surface area contributed by atoms with Gasteiger partial charge < -0.3 is 5.32 Å². The summed E-state index contributed by atoms with van der Waals surface area (Å²) in [6, 6.07) is 0.480. The lowest BCUT2D eigenvalue weighted by Gasteiger charge is -2.07. The van der Waals surface area contributed by atoms with Gasteiger partial charge in [0.25, 0.3) is 0 Å². The molecule has 0 aromatic heterocycles. The van der Waals surface area contributed by atoms with Gasteiger partial charge in [0.15, 0.2) is 0 Å². The molecule has 0 radical (unpaired) electrons. The van der Waals surface area contributed by atoms with Crippen molar-refractivity contribution in [1.82, 2.24) is 5.32 Å². The van der Waals surface area contributed by atoms with Gasteiger partial charge in [0.2, 0.25) is 0 Å². The molecule has 0 saturated carbocycles. The minimum absolute atomic E-state index is 0.480. The summed E-state index contributed by atoms with van der Waals surface area (Å²) >= 11 is 0. The number of hydrogen-bond donors (Lipinski definition) is 1. The van der Waals surface area contributed by atoms with Crippen LogP contribution in [0.1, 0.15) is 27.2 Å². The standard InChI is InChI=1S/C7H17N2P/c1-4-5-8-7(10)9-6(2)3/h6H,4-5,10H2,1-3H3,(H,8,9). The quantitative estimate of drug-likeness (QED) is 0.378. The summed E-state index contributed by atoms with van der Waals surface area (Å²) in [5.41, 5.74) is 0.969. The second kappa shape index (κ2) is 5.67. The summed E-state index contributed by atoms with van der Waals surface area (Å²) in [6.07, 6.45) is 1.11. The summed E-state index contributed by atoms with van der Waals surface area (Å²) in [6.45, 7) is 7.24. The molecule has 0 aromatic rings. The highest BCUT2D eigenvalue weighted by atomic mass is 31.0. The first kappa shape index (κ1) is 9.90. The number of nitrogens with one attached hydrogen (secondary N) is 1. The van der Waals surface area contributed by atoms with Crippen molar-refractivity contribution in [3.63, 3.8) is 0 Å². The van der Waals surface area contributed by atoms with E-state index in [4.69, 9.17) is 0 Å². The molecule has 0 aliphatic heterocycles. The van der Waals surface area contributed by atoms with Crippen molar-refractivity contribution in [2.75, 3.05) is 6.54 Å². The Morgan fingerprint density at radius 1 is 1.60 bits per heavy atom. The van der Waals surface area contributed by atoms with Crippen LogP contribution >= 0.6 is 9.24 Å². The second-order valence-corrected chi connectivity index (χ2v) is 3.11. The Hall–Kier alpha value is -0.100. The maximum absolute atomic E-state index is 4.25. The topological polar surface area (TPSA) is 24.4 Å². The van der Waals surface area contributed by atoms with E-state index in [0.717, 1.165) is 18.5 Å². The lowest BCUT2D eigenvalue weighted by molar-refractivity contribution is 0.735. The van der Waals surface area contributed by atoms with E-state index in [0.29, 0.717) is 6.04 Å². The molecule has 0 saturated heterocycles. The molecule has 0 aromatic carbocycles. The number of nitrogens with zero attached hydrogens (tertiary/aromatic N) is 1. The highest BCUT2D eigenvalue weighted by Gasteiger charge is 1.91. The largest absolute Gasteiger partial charge is 0.368 e. The van der Waals surface area contributed by atoms with Crippen molar-refractivity contribution in [3.05, 3.63) is 0 Å². The third-order valence-corrected chi connectivity index (χ3v) is 1.29. The lowest BCUT2D eigenvalue weighted by Crippen LogP contribution is -2.26. The predicted octanol–water partition coefficient (Wildman–Crippen LogP) is 1.63. The van der Waals surface area contributed by atoms with Crippen LogP contribution in [0, 0.1) is 0 Å². The number of rotatable bonds is 3. The number of hydrogen-bond acceptors (Lipinski definition) is 1. The van der Waals surface area contributed by atoms with Gasteiger partial charge in [0, 0.05) is 12.6 Å². The Morgan fingerprint density at radius 3 is 2.60 bits per heavy atom. The molecule has 0 rings (SSSR count). The molecule has 2 nitrogen and oxygen atoms in total. The Bertz CT molecular complexity index is 110. The summed E-state index contributed by atoms with van der Waals surface area (Å²) in [7, 11) is 2.59. The van der Waals surface area contributed by atoms with Gasteiger partial charge >= 0.3 is 0 Å². The Morgan fingerprint density at radius 2 is 2.20 bits per heavy atom. The molecule has 0 amide bonds. The normalized spacial score (nSPS) is 12.3. The first-order valence-electron chi connectivity index (χ1n) is 3.73. The molecule has 1 atom stereocenters. The Balaban J connectivity index is 3.49. The van der Waals surface area contributed by atoms with Crippen LogP contribution in [-0.4, -0.2) is 18.2 Å². The van der Waals surface area contributed by atoms with Gasteiger partial charge in [-0.15, -0.1) is 0 Å². The van der Waals surface area contributed by atoms with Crippen LogP contribution in [0.2, 0.25) is 0 Å². The fraction of sp³-hybridized carbons (Fsp3) is 0.857. The molecule has 1 N–H and O–H groups in total. The van der Waals surface area contributed by atoms with Gasteiger partial charge in [-0.1, -0.05) is 16.2 Å². The molecule has 0 aliphatic carbocycles. The maximum Gasteiger partial charge on any atom is 0.113 e. The summed E-state index contributed by atoms with van der Waals surface area (Å²) in [5.74, 6) is 0. The second-order valence-electron chi connectivity index (χ2n) is 2.57. The van der Waals surface area contributed by atoms with Crippen LogP contribution in [0.3, 0.4) is 0 Å². The lowest BCUT2D eigenvalue weighted by atomic mass is 10.4. The van der Waals surface area contributed by atoms with E-state index < -0.39 is 0 Å². The molecular weight excluding hydrogens is 143 g/mol. The zero-order valence-corrected chi connectivity index (χ0v) is 8.17. The average Bonchev–Trinajstić information content (AvgIpc) is 1.82. The van der Waals surface area contributed by atoms with Gasteiger partial charge in [-0.25, -0.2) is 0 Å². The van der Waals surface area contributed by atoms with Gasteiger partial charge in [-0.3, -0.25) is 4.99 Å². The predicted molar refractivity (Wildman–Crippen MR) is 50.6 cm³/mol. The van der Waals surface area contributed by atoms with Crippen molar-refractivity contribution in [1.29, 1.82) is 0 Å². The maximum atomic E-state index is 4.25. The van der Waals surface area contributed by atoms with Crippen LogP contribution in [-0.2, 0) is 0 Å². The van der Waals surface area contributed by atoms with Crippen molar-refractivity contribution in [3.8, 4) is 0 Å². The highest BCUT2D eigenvalue weighted by Crippen LogP contribution is 1.90. The van der Waals surface area contributed by atoms with Crippen LogP contribution in [0.4, 0.5) is 0 Å². The van der Waals surface area contributed by atoms with E-state index in [9.17, 15) is 0 Å². The van der Waals surface area contributed by atoms with E-state index in [2.05, 4.69) is 40.3 Å². The van der Waals surface area contributed by atoms with E-state index >= 15 is 0 Å². The van der Waals surface area contributed by atoms with Gasteiger partial charge in [0.1, 0.15) is 5.58 Å². The molecule has 0 bridgehead atoms. The summed E-state index contributed by atoms with van der Waals surface area (Å²) in [4.78, 5) is 4.25. The fourth-order valence-electron chi connectivity index (χ4n) is 0.574. The van der Waals surface area contributed by atoms with Crippen LogP contribution in [0.15, 0.2) is 4.99 Å². The van der Waals surface area contributed by atoms with Crippen molar-refractivity contribution in [2.45, 2.75) is 33.2 Å². The smallest absolute Gasteiger partial charge is 0.113 e. The molecular formula is C7H17N2P. The van der Waals surface area contributed by atoms with Crippen molar-refractivity contribution >= 4 is 14.8 Å². The molecule has 0 heterocycles. The first-order valence-corrected chi connectivity index (χ1v) is 4.31. The van der Waals surface area contributed by atoms with E-state index in [1.165, 1.54) is 0 Å². The summed E-state index contributed by atoms with van der Waals surface area (Å²) < 4.78 is 0. The summed E-state index contributed by atoms with van der Waals surface area (Å²) in [5, 5.41) is 3.19. The van der Waals surface area contributed by atoms with Crippen molar-refractivity contribution in [2.24, 2.45) is 4.99 Å². The minimum atomic E-state index is 0.480. The number of aliphatic imine (C=N–C) groups is 1. The third-order valence-electron chi connectivity index (χ3n) is 0.942. The van der Waals surface area contributed by atoms with Crippen LogP contribution in [0.5, 0.6) is 0 Å².